The van der Waals surface area contributed by atoms with Gasteiger partial charge in [0, 0.05) is 28.1 Å². The first kappa shape index (κ1) is 21.7. The molecule has 4 aromatic rings. The van der Waals surface area contributed by atoms with E-state index in [9.17, 15) is 9.59 Å². The van der Waals surface area contributed by atoms with Gasteiger partial charge in [-0.2, -0.15) is 0 Å². The quantitative estimate of drug-likeness (QED) is 0.391. The van der Waals surface area contributed by atoms with Gasteiger partial charge in [-0.25, -0.2) is 0 Å². The molecule has 1 saturated carbocycles. The van der Waals surface area contributed by atoms with Gasteiger partial charge >= 0.3 is 0 Å². The van der Waals surface area contributed by atoms with Crippen LogP contribution in [0.15, 0.2) is 78.9 Å². The third kappa shape index (κ3) is 3.91. The Labute approximate surface area is 205 Å². The van der Waals surface area contributed by atoms with Crippen molar-refractivity contribution in [3.05, 3.63) is 95.6 Å². The highest BCUT2D eigenvalue weighted by Crippen LogP contribution is 2.45. The van der Waals surface area contributed by atoms with Crippen LogP contribution < -0.4 is 5.32 Å². The summed E-state index contributed by atoms with van der Waals surface area (Å²) in [4.78, 5) is 32.2. The minimum absolute atomic E-state index is 0.0441. The zero-order valence-corrected chi connectivity index (χ0v) is 19.7. The second kappa shape index (κ2) is 9.06. The molecule has 2 amide bonds. The fourth-order valence-corrected chi connectivity index (χ4v) is 5.80. The maximum Gasteiger partial charge on any atom is 0.255 e. The van der Waals surface area contributed by atoms with Crippen molar-refractivity contribution < 1.29 is 9.59 Å². The lowest BCUT2D eigenvalue weighted by Crippen LogP contribution is -2.44. The van der Waals surface area contributed by atoms with Crippen LogP contribution in [0.5, 0.6) is 0 Å². The molecule has 1 fully saturated rings. The number of amides is 2. The predicted octanol–water partition coefficient (Wildman–Crippen LogP) is 5.83. The summed E-state index contributed by atoms with van der Waals surface area (Å²) in [5.74, 6) is -0.169. The third-order valence-corrected chi connectivity index (χ3v) is 7.42. The molecule has 1 atom stereocenters. The highest BCUT2D eigenvalue weighted by atomic mass is 16.2. The van der Waals surface area contributed by atoms with Crippen molar-refractivity contribution in [3.63, 3.8) is 0 Å². The van der Waals surface area contributed by atoms with E-state index in [1.807, 2.05) is 54.6 Å². The normalized spacial score (nSPS) is 18.1. The number of aromatic nitrogens is 1. The summed E-state index contributed by atoms with van der Waals surface area (Å²) in [6, 6.07) is 26.0. The standard InChI is InChI=1S/C30H29N3O2/c34-26(31-21-13-5-2-6-14-21)19-33-29(22-15-7-8-16-23(22)30(33)35)27-24-17-9-10-18-25(24)32-28(27)20-11-3-1-4-12-20/h1,3-4,7-12,15-18,21,29,32H,2,5-6,13-14,19H2,(H,31,34). The average Bonchev–Trinajstić information content (AvgIpc) is 3.40. The number of nitrogens with one attached hydrogen (secondary N) is 2. The van der Waals surface area contributed by atoms with Crippen molar-refractivity contribution in [1.29, 1.82) is 0 Å². The average molecular weight is 464 g/mol. The van der Waals surface area contributed by atoms with Crippen LogP contribution in [-0.4, -0.2) is 34.3 Å². The number of carbonyl (C=O) groups excluding carboxylic acids is 2. The lowest BCUT2D eigenvalue weighted by atomic mass is 9.93. The lowest BCUT2D eigenvalue weighted by molar-refractivity contribution is -0.122. The fourth-order valence-electron chi connectivity index (χ4n) is 5.80. The molecule has 0 bridgehead atoms. The number of hydrogen-bond acceptors (Lipinski definition) is 2. The minimum Gasteiger partial charge on any atom is -0.354 e. The Morgan fingerprint density at radius 2 is 1.60 bits per heavy atom. The number of carbonyl (C=O) groups is 2. The molecule has 1 unspecified atom stereocenters. The summed E-state index contributed by atoms with van der Waals surface area (Å²) in [6.07, 6.45) is 5.57. The maximum atomic E-state index is 13.6. The lowest BCUT2D eigenvalue weighted by Gasteiger charge is -2.28. The highest BCUT2D eigenvalue weighted by Gasteiger charge is 2.41. The summed E-state index contributed by atoms with van der Waals surface area (Å²) >= 11 is 0. The van der Waals surface area contributed by atoms with E-state index in [1.165, 1.54) is 6.42 Å². The van der Waals surface area contributed by atoms with Crippen molar-refractivity contribution >= 4 is 22.7 Å². The molecule has 1 aliphatic carbocycles. The van der Waals surface area contributed by atoms with Crippen LogP contribution in [0.25, 0.3) is 22.2 Å². The molecule has 1 aromatic heterocycles. The first-order valence-electron chi connectivity index (χ1n) is 12.6. The Balaban J connectivity index is 1.45. The van der Waals surface area contributed by atoms with E-state index in [4.69, 9.17) is 0 Å². The molecule has 5 heteroatoms. The van der Waals surface area contributed by atoms with E-state index in [2.05, 4.69) is 34.6 Å². The zero-order chi connectivity index (χ0) is 23.8. The van der Waals surface area contributed by atoms with Gasteiger partial charge in [-0.1, -0.05) is 86.0 Å². The van der Waals surface area contributed by atoms with E-state index in [-0.39, 0.29) is 30.4 Å². The molecular weight excluding hydrogens is 434 g/mol. The molecule has 6 rings (SSSR count). The van der Waals surface area contributed by atoms with E-state index in [0.717, 1.165) is 59.0 Å². The predicted molar refractivity (Wildman–Crippen MR) is 138 cm³/mol. The highest BCUT2D eigenvalue weighted by molar-refractivity contribution is 6.03. The number of hydrogen-bond donors (Lipinski definition) is 2. The molecule has 2 heterocycles. The number of fused-ring (bicyclic) bond motifs is 2. The molecule has 0 saturated heterocycles. The van der Waals surface area contributed by atoms with E-state index in [1.54, 1.807) is 4.90 Å². The Bertz CT molecular complexity index is 1390. The van der Waals surface area contributed by atoms with Gasteiger partial charge < -0.3 is 15.2 Å². The summed E-state index contributed by atoms with van der Waals surface area (Å²) in [5.41, 5.74) is 5.72. The van der Waals surface area contributed by atoms with E-state index in [0.29, 0.717) is 5.56 Å². The minimum atomic E-state index is -0.345. The second-order valence-electron chi connectivity index (χ2n) is 9.65. The smallest absolute Gasteiger partial charge is 0.255 e. The Morgan fingerprint density at radius 1 is 0.886 bits per heavy atom. The van der Waals surface area contributed by atoms with Gasteiger partial charge in [0.05, 0.1) is 11.7 Å². The zero-order valence-electron chi connectivity index (χ0n) is 19.7. The molecule has 2 N–H and O–H groups in total. The van der Waals surface area contributed by atoms with Crippen LogP contribution in [-0.2, 0) is 4.79 Å². The first-order chi connectivity index (χ1) is 17.2. The Hall–Kier alpha value is -3.86. The van der Waals surface area contributed by atoms with Crippen LogP contribution in [0.1, 0.15) is 59.6 Å². The van der Waals surface area contributed by atoms with Crippen LogP contribution in [0.4, 0.5) is 0 Å². The number of H-pyrrole nitrogens is 1. The van der Waals surface area contributed by atoms with E-state index < -0.39 is 0 Å². The fraction of sp³-hybridized carbons (Fsp3) is 0.267. The van der Waals surface area contributed by atoms with Gasteiger partial charge in [0.25, 0.3) is 5.91 Å². The largest absolute Gasteiger partial charge is 0.354 e. The topological polar surface area (TPSA) is 65.2 Å². The SMILES string of the molecule is O=C(CN1C(=O)c2ccccc2C1c1c(-c2ccccc2)[nH]c2ccccc12)NC1CCCCC1. The molecule has 5 nitrogen and oxygen atoms in total. The Morgan fingerprint density at radius 3 is 2.43 bits per heavy atom. The van der Waals surface area contributed by atoms with Gasteiger partial charge in [-0.05, 0) is 36.1 Å². The summed E-state index contributed by atoms with van der Waals surface area (Å²) in [5, 5.41) is 4.27. The van der Waals surface area contributed by atoms with Crippen LogP contribution in [0.2, 0.25) is 0 Å². The molecule has 2 aliphatic rings. The summed E-state index contributed by atoms with van der Waals surface area (Å²) in [7, 11) is 0. The van der Waals surface area contributed by atoms with Crippen molar-refractivity contribution in [2.75, 3.05) is 6.54 Å². The van der Waals surface area contributed by atoms with E-state index >= 15 is 0 Å². The maximum absolute atomic E-state index is 13.6. The van der Waals surface area contributed by atoms with Crippen molar-refractivity contribution in [2.24, 2.45) is 0 Å². The van der Waals surface area contributed by atoms with Crippen LogP contribution in [0, 0.1) is 0 Å². The molecule has 3 aromatic carbocycles. The van der Waals surface area contributed by atoms with Crippen molar-refractivity contribution in [1.82, 2.24) is 15.2 Å². The van der Waals surface area contributed by atoms with Gasteiger partial charge in [-0.3, -0.25) is 9.59 Å². The monoisotopic (exact) mass is 463 g/mol. The number of nitrogens with zero attached hydrogens (tertiary/aromatic N) is 1. The molecule has 0 radical (unpaired) electrons. The van der Waals surface area contributed by atoms with Gasteiger partial charge in [-0.15, -0.1) is 0 Å². The molecular formula is C30H29N3O2. The number of rotatable bonds is 5. The van der Waals surface area contributed by atoms with Gasteiger partial charge in [0.1, 0.15) is 6.54 Å². The van der Waals surface area contributed by atoms with Gasteiger partial charge in [0.15, 0.2) is 0 Å². The first-order valence-corrected chi connectivity index (χ1v) is 12.6. The number of aromatic amines is 1. The molecule has 35 heavy (non-hydrogen) atoms. The molecule has 1 aliphatic heterocycles. The molecule has 176 valence electrons. The van der Waals surface area contributed by atoms with Crippen LogP contribution in [0.3, 0.4) is 0 Å². The number of benzene rings is 3. The molecule has 0 spiro atoms. The summed E-state index contributed by atoms with van der Waals surface area (Å²) in [6.45, 7) is 0.0441. The van der Waals surface area contributed by atoms with Crippen LogP contribution >= 0.6 is 0 Å². The third-order valence-electron chi connectivity index (χ3n) is 7.42. The van der Waals surface area contributed by atoms with Crippen molar-refractivity contribution in [3.8, 4) is 11.3 Å². The Kier molecular flexibility index (Phi) is 5.61. The summed E-state index contributed by atoms with van der Waals surface area (Å²) < 4.78 is 0. The number of para-hydroxylation sites is 1. The van der Waals surface area contributed by atoms with Gasteiger partial charge in [0.2, 0.25) is 5.91 Å². The van der Waals surface area contributed by atoms with Crippen molar-refractivity contribution in [2.45, 2.75) is 44.2 Å². The second-order valence-corrected chi connectivity index (χ2v) is 9.65.